The third-order valence-electron chi connectivity index (χ3n) is 4.08. The first-order valence-electron chi connectivity index (χ1n) is 8.97. The van der Waals surface area contributed by atoms with Crippen LogP contribution in [0.2, 0.25) is 0 Å². The highest BCUT2D eigenvalue weighted by Crippen LogP contribution is 2.42. The highest BCUT2D eigenvalue weighted by Gasteiger charge is 2.30. The number of carboxylic acid groups (broad SMARTS) is 1. The molecule has 2 rings (SSSR count). The molecule has 8 heteroatoms. The lowest BCUT2D eigenvalue weighted by Crippen LogP contribution is -2.26. The Balaban J connectivity index is 2.22. The van der Waals surface area contributed by atoms with Gasteiger partial charge in [-0.25, -0.2) is 4.79 Å². The fraction of sp³-hybridized carbons (Fsp3) is 0.350. The Morgan fingerprint density at radius 1 is 1.18 bits per heavy atom. The van der Waals surface area contributed by atoms with Crippen molar-refractivity contribution < 1.29 is 24.7 Å². The summed E-state index contributed by atoms with van der Waals surface area (Å²) in [6.45, 7) is 2.71. The van der Waals surface area contributed by atoms with Crippen LogP contribution in [0.3, 0.4) is 0 Å². The number of benzene rings is 2. The van der Waals surface area contributed by atoms with Gasteiger partial charge in [-0.15, -0.1) is 11.8 Å². The van der Waals surface area contributed by atoms with E-state index in [0.717, 1.165) is 31.0 Å². The van der Waals surface area contributed by atoms with Crippen LogP contribution in [0.1, 0.15) is 37.0 Å². The summed E-state index contributed by atoms with van der Waals surface area (Å²) in [6, 6.07) is 12.8. The molecule has 2 aromatic carbocycles. The molecule has 0 fully saturated rings. The number of thioether (sulfide) groups is 1. The number of carboxylic acids is 1. The van der Waals surface area contributed by atoms with Crippen molar-refractivity contribution in [3.8, 4) is 5.75 Å². The van der Waals surface area contributed by atoms with Crippen molar-refractivity contribution in [2.24, 2.45) is 0 Å². The number of nitro groups is 1. The highest BCUT2D eigenvalue weighted by atomic mass is 32.2. The number of nitrogens with zero attached hydrogens (tertiary/aromatic N) is 1. The van der Waals surface area contributed by atoms with Crippen molar-refractivity contribution in [2.75, 3.05) is 6.61 Å². The zero-order chi connectivity index (χ0) is 20.5. The molecule has 0 radical (unpaired) electrons. The fourth-order valence-electron chi connectivity index (χ4n) is 2.58. The molecule has 0 bridgehead atoms. The van der Waals surface area contributed by atoms with E-state index in [9.17, 15) is 25.1 Å². The molecule has 28 heavy (non-hydrogen) atoms. The van der Waals surface area contributed by atoms with Gasteiger partial charge in [0.05, 0.1) is 21.7 Å². The van der Waals surface area contributed by atoms with Crippen molar-refractivity contribution in [1.82, 2.24) is 0 Å². The van der Waals surface area contributed by atoms with Gasteiger partial charge in [0.2, 0.25) is 0 Å². The average Bonchev–Trinajstić information content (AvgIpc) is 2.69. The quantitative estimate of drug-likeness (QED) is 0.246. The number of aliphatic hydroxyl groups excluding tert-OH is 1. The summed E-state index contributed by atoms with van der Waals surface area (Å²) in [5.41, 5.74) is 0.407. The van der Waals surface area contributed by atoms with E-state index < -0.39 is 22.2 Å². The van der Waals surface area contributed by atoms with E-state index in [2.05, 4.69) is 6.92 Å². The lowest BCUT2D eigenvalue weighted by Gasteiger charge is -2.20. The molecule has 0 aliphatic carbocycles. The Bertz CT molecular complexity index is 796. The molecule has 2 unspecified atom stereocenters. The molecule has 0 saturated heterocycles. The normalized spacial score (nSPS) is 12.9. The van der Waals surface area contributed by atoms with Gasteiger partial charge in [0, 0.05) is 6.07 Å². The third-order valence-corrected chi connectivity index (χ3v) is 5.46. The van der Waals surface area contributed by atoms with Gasteiger partial charge in [-0.1, -0.05) is 44.0 Å². The second-order valence-electron chi connectivity index (χ2n) is 6.17. The van der Waals surface area contributed by atoms with Gasteiger partial charge in [0.25, 0.3) is 5.69 Å². The summed E-state index contributed by atoms with van der Waals surface area (Å²) in [5.74, 6) is -0.741. The van der Waals surface area contributed by atoms with Crippen LogP contribution in [0.25, 0.3) is 0 Å². The third kappa shape index (κ3) is 5.97. The predicted octanol–water partition coefficient (Wildman–Crippen LogP) is 4.44. The van der Waals surface area contributed by atoms with Gasteiger partial charge in [-0.3, -0.25) is 10.1 Å². The van der Waals surface area contributed by atoms with Crippen LogP contribution < -0.4 is 4.74 Å². The summed E-state index contributed by atoms with van der Waals surface area (Å²) >= 11 is 0.950. The summed E-state index contributed by atoms with van der Waals surface area (Å²) in [7, 11) is 0. The Labute approximate surface area is 167 Å². The van der Waals surface area contributed by atoms with Crippen molar-refractivity contribution in [3.05, 3.63) is 64.2 Å². The van der Waals surface area contributed by atoms with Crippen LogP contribution in [-0.4, -0.2) is 33.8 Å². The molecule has 2 N–H and O–H groups in total. The number of ether oxygens (including phenoxy) is 1. The number of carbonyl (C=O) groups is 1. The molecule has 150 valence electrons. The molecule has 2 atom stereocenters. The summed E-state index contributed by atoms with van der Waals surface area (Å²) < 4.78 is 5.64. The van der Waals surface area contributed by atoms with Crippen LogP contribution in [0.15, 0.2) is 53.4 Å². The van der Waals surface area contributed by atoms with Gasteiger partial charge in [0.15, 0.2) is 6.10 Å². The number of aliphatic carboxylic acids is 1. The Hall–Kier alpha value is -2.58. The summed E-state index contributed by atoms with van der Waals surface area (Å²) in [6.07, 6.45) is 1.41. The Kier molecular flexibility index (Phi) is 8.28. The van der Waals surface area contributed by atoms with E-state index in [1.54, 1.807) is 30.3 Å². The standard InChI is InChI=1S/C20H23NO6S/c1-2-3-6-13-27-15-11-9-14(10-12-15)19(18(22)20(23)24)28-17-8-5-4-7-16(17)21(25)26/h4-5,7-12,18-19,22H,2-3,6,13H2,1H3,(H,23,24). The van der Waals surface area contributed by atoms with Gasteiger partial charge in [-0.2, -0.15) is 0 Å². The number of aliphatic hydroxyl groups is 1. The molecule has 0 spiro atoms. The van der Waals surface area contributed by atoms with E-state index in [0.29, 0.717) is 17.9 Å². The number of nitro benzene ring substituents is 1. The van der Waals surface area contributed by atoms with Gasteiger partial charge in [0.1, 0.15) is 5.75 Å². The maximum Gasteiger partial charge on any atom is 0.334 e. The molecule has 7 nitrogen and oxygen atoms in total. The summed E-state index contributed by atoms with van der Waals surface area (Å²) in [4.78, 5) is 22.4. The highest BCUT2D eigenvalue weighted by molar-refractivity contribution is 7.99. The molecule has 0 aromatic heterocycles. The van der Waals surface area contributed by atoms with Crippen molar-refractivity contribution in [2.45, 2.75) is 42.4 Å². The first-order valence-corrected chi connectivity index (χ1v) is 9.85. The number of hydrogen-bond donors (Lipinski definition) is 2. The van der Waals surface area contributed by atoms with Crippen LogP contribution in [-0.2, 0) is 4.79 Å². The molecule has 0 heterocycles. The van der Waals surface area contributed by atoms with Crippen LogP contribution >= 0.6 is 11.8 Å². The summed E-state index contributed by atoms with van der Waals surface area (Å²) in [5, 5.41) is 29.8. The van der Waals surface area contributed by atoms with Gasteiger partial charge in [-0.05, 0) is 30.2 Å². The van der Waals surface area contributed by atoms with E-state index >= 15 is 0 Å². The molecular formula is C20H23NO6S. The molecule has 0 saturated carbocycles. The largest absolute Gasteiger partial charge is 0.494 e. The monoisotopic (exact) mass is 405 g/mol. The molecular weight excluding hydrogens is 382 g/mol. The van der Waals surface area contributed by atoms with E-state index in [4.69, 9.17) is 4.74 Å². The Morgan fingerprint density at radius 3 is 2.46 bits per heavy atom. The van der Waals surface area contributed by atoms with Crippen LogP contribution in [0, 0.1) is 10.1 Å². The Morgan fingerprint density at radius 2 is 1.86 bits per heavy atom. The first-order chi connectivity index (χ1) is 13.4. The lowest BCUT2D eigenvalue weighted by atomic mass is 10.1. The maximum absolute atomic E-state index is 11.4. The average molecular weight is 405 g/mol. The number of rotatable bonds is 11. The zero-order valence-corrected chi connectivity index (χ0v) is 16.3. The smallest absolute Gasteiger partial charge is 0.334 e. The van der Waals surface area contributed by atoms with Crippen LogP contribution in [0.4, 0.5) is 5.69 Å². The molecule has 0 aliphatic heterocycles. The fourth-order valence-corrected chi connectivity index (χ4v) is 3.82. The SMILES string of the molecule is CCCCCOc1ccc(C(Sc2ccccc2[N+](=O)[O-])C(O)C(=O)O)cc1. The minimum absolute atomic E-state index is 0.133. The minimum atomic E-state index is -1.72. The second kappa shape index (κ2) is 10.7. The van der Waals surface area contributed by atoms with Crippen molar-refractivity contribution >= 4 is 23.4 Å². The second-order valence-corrected chi connectivity index (χ2v) is 7.35. The maximum atomic E-state index is 11.4. The van der Waals surface area contributed by atoms with Crippen molar-refractivity contribution in [3.63, 3.8) is 0 Å². The van der Waals surface area contributed by atoms with E-state index in [-0.39, 0.29) is 10.6 Å². The van der Waals surface area contributed by atoms with Crippen LogP contribution in [0.5, 0.6) is 5.75 Å². The lowest BCUT2D eigenvalue weighted by molar-refractivity contribution is -0.387. The molecule has 0 amide bonds. The van der Waals surface area contributed by atoms with E-state index in [1.165, 1.54) is 18.2 Å². The van der Waals surface area contributed by atoms with Crippen molar-refractivity contribution in [1.29, 1.82) is 0 Å². The van der Waals surface area contributed by atoms with Gasteiger partial charge < -0.3 is 14.9 Å². The van der Waals surface area contributed by atoms with Gasteiger partial charge >= 0.3 is 5.97 Å². The predicted molar refractivity (Wildman–Crippen MR) is 107 cm³/mol. The minimum Gasteiger partial charge on any atom is -0.494 e. The zero-order valence-electron chi connectivity index (χ0n) is 15.5. The number of hydrogen-bond acceptors (Lipinski definition) is 6. The molecule has 2 aromatic rings. The topological polar surface area (TPSA) is 110 Å². The number of para-hydroxylation sites is 1. The molecule has 0 aliphatic rings. The first kappa shape index (κ1) is 21.7. The van der Waals surface area contributed by atoms with E-state index in [1.807, 2.05) is 0 Å². The number of unbranched alkanes of at least 4 members (excludes halogenated alkanes) is 2.